The summed E-state index contributed by atoms with van der Waals surface area (Å²) in [6.07, 6.45) is 1.08. The molecule has 21 heavy (non-hydrogen) atoms. The lowest BCUT2D eigenvalue weighted by Gasteiger charge is -2.33. The Morgan fingerprint density at radius 3 is 2.67 bits per heavy atom. The van der Waals surface area contributed by atoms with Crippen LogP contribution < -0.4 is 15.2 Å². The second-order valence-electron chi connectivity index (χ2n) is 5.67. The van der Waals surface area contributed by atoms with Gasteiger partial charge in [-0.15, -0.1) is 0 Å². The van der Waals surface area contributed by atoms with Crippen molar-refractivity contribution in [2.75, 3.05) is 20.3 Å². The van der Waals surface area contributed by atoms with Gasteiger partial charge < -0.3 is 19.9 Å². The second-order valence-corrected chi connectivity index (χ2v) is 5.67. The third-order valence-corrected chi connectivity index (χ3v) is 4.15. The van der Waals surface area contributed by atoms with E-state index in [2.05, 4.69) is 0 Å². The molecule has 0 spiro atoms. The van der Waals surface area contributed by atoms with Crippen LogP contribution >= 0.6 is 0 Å². The molecule has 5 heteroatoms. The summed E-state index contributed by atoms with van der Waals surface area (Å²) >= 11 is 0. The summed E-state index contributed by atoms with van der Waals surface area (Å²) in [6, 6.07) is 5.54. The Labute approximate surface area is 125 Å². The first kappa shape index (κ1) is 15.6. The Kier molecular flexibility index (Phi) is 4.73. The van der Waals surface area contributed by atoms with Crippen LogP contribution in [0.5, 0.6) is 11.5 Å². The van der Waals surface area contributed by atoms with Crippen molar-refractivity contribution in [2.24, 2.45) is 5.73 Å². The average Bonchev–Trinajstić information content (AvgIpc) is 2.71. The molecular formula is C16H23NO4. The van der Waals surface area contributed by atoms with Crippen LogP contribution in [0.15, 0.2) is 18.2 Å². The van der Waals surface area contributed by atoms with E-state index in [0.29, 0.717) is 19.0 Å². The number of esters is 1. The third kappa shape index (κ3) is 3.29. The molecule has 0 aromatic heterocycles. The Hall–Kier alpha value is -1.75. The molecule has 0 radical (unpaired) electrons. The largest absolute Gasteiger partial charge is 0.490 e. The van der Waals surface area contributed by atoms with E-state index in [0.717, 1.165) is 17.7 Å². The van der Waals surface area contributed by atoms with Crippen LogP contribution in [0.2, 0.25) is 0 Å². The van der Waals surface area contributed by atoms with E-state index in [9.17, 15) is 4.79 Å². The van der Waals surface area contributed by atoms with Crippen molar-refractivity contribution in [1.29, 1.82) is 0 Å². The van der Waals surface area contributed by atoms with Gasteiger partial charge in [0.1, 0.15) is 0 Å². The topological polar surface area (TPSA) is 70.8 Å². The Bertz CT molecular complexity index is 515. The average molecular weight is 293 g/mol. The zero-order valence-corrected chi connectivity index (χ0v) is 12.8. The van der Waals surface area contributed by atoms with Crippen molar-refractivity contribution in [3.8, 4) is 11.5 Å². The van der Waals surface area contributed by atoms with Crippen molar-refractivity contribution in [2.45, 2.75) is 38.1 Å². The number of hydrogen-bond donors (Lipinski definition) is 1. The van der Waals surface area contributed by atoms with Crippen molar-refractivity contribution >= 4 is 5.97 Å². The molecule has 2 N–H and O–H groups in total. The van der Waals surface area contributed by atoms with Crippen LogP contribution in [0.4, 0.5) is 0 Å². The van der Waals surface area contributed by atoms with Gasteiger partial charge in [-0.2, -0.15) is 0 Å². The molecule has 0 fully saturated rings. The molecule has 1 aliphatic heterocycles. The van der Waals surface area contributed by atoms with Gasteiger partial charge in [-0.05, 0) is 24.6 Å². The van der Waals surface area contributed by atoms with Gasteiger partial charge in [0.2, 0.25) is 0 Å². The number of ether oxygens (including phenoxy) is 3. The molecule has 0 aliphatic carbocycles. The standard InChI is InChI=1S/C16H23NO4/c1-11(17)16(2,10-15(18)19-3)12-5-6-13-14(9-12)21-8-4-7-20-13/h5-6,9,11H,4,7-8,10,17H2,1-3H3. The number of carbonyl (C=O) groups excluding carboxylic acids is 1. The van der Waals surface area contributed by atoms with Gasteiger partial charge in [0.05, 0.1) is 26.7 Å². The van der Waals surface area contributed by atoms with Gasteiger partial charge >= 0.3 is 5.97 Å². The van der Waals surface area contributed by atoms with Gasteiger partial charge in [-0.1, -0.05) is 13.0 Å². The summed E-state index contributed by atoms with van der Waals surface area (Å²) in [5.41, 5.74) is 6.57. The molecule has 116 valence electrons. The highest BCUT2D eigenvalue weighted by atomic mass is 16.5. The molecule has 2 unspecified atom stereocenters. The van der Waals surface area contributed by atoms with Crippen molar-refractivity contribution in [3.63, 3.8) is 0 Å². The molecule has 2 rings (SSSR count). The maximum atomic E-state index is 11.7. The zero-order chi connectivity index (χ0) is 15.5. The fraction of sp³-hybridized carbons (Fsp3) is 0.562. The van der Waals surface area contributed by atoms with E-state index in [1.807, 2.05) is 32.0 Å². The van der Waals surface area contributed by atoms with E-state index in [-0.39, 0.29) is 18.4 Å². The van der Waals surface area contributed by atoms with Crippen molar-refractivity contribution in [1.82, 2.24) is 0 Å². The van der Waals surface area contributed by atoms with E-state index in [1.165, 1.54) is 7.11 Å². The fourth-order valence-electron chi connectivity index (χ4n) is 2.42. The molecule has 0 bridgehead atoms. The fourth-order valence-corrected chi connectivity index (χ4v) is 2.42. The summed E-state index contributed by atoms with van der Waals surface area (Å²) in [6.45, 7) is 5.14. The van der Waals surface area contributed by atoms with Gasteiger partial charge in [-0.25, -0.2) is 0 Å². The number of rotatable bonds is 4. The van der Waals surface area contributed by atoms with Gasteiger partial charge in [-0.3, -0.25) is 4.79 Å². The lowest BCUT2D eigenvalue weighted by atomic mass is 9.74. The molecule has 2 atom stereocenters. The van der Waals surface area contributed by atoms with Crippen molar-refractivity contribution in [3.05, 3.63) is 23.8 Å². The van der Waals surface area contributed by atoms with E-state index >= 15 is 0 Å². The summed E-state index contributed by atoms with van der Waals surface area (Å²) < 4.78 is 16.1. The highest BCUT2D eigenvalue weighted by Gasteiger charge is 2.35. The smallest absolute Gasteiger partial charge is 0.306 e. The quantitative estimate of drug-likeness (QED) is 0.860. The number of hydrogen-bond acceptors (Lipinski definition) is 5. The van der Waals surface area contributed by atoms with E-state index < -0.39 is 5.41 Å². The molecule has 0 saturated carbocycles. The van der Waals surface area contributed by atoms with Crippen molar-refractivity contribution < 1.29 is 19.0 Å². The predicted octanol–water partition coefficient (Wildman–Crippen LogP) is 2.02. The van der Waals surface area contributed by atoms with Crippen LogP contribution in [0.25, 0.3) is 0 Å². The molecule has 0 amide bonds. The zero-order valence-electron chi connectivity index (χ0n) is 12.8. The lowest BCUT2D eigenvalue weighted by Crippen LogP contribution is -2.42. The highest BCUT2D eigenvalue weighted by molar-refractivity contribution is 5.71. The van der Waals surface area contributed by atoms with E-state index in [4.69, 9.17) is 19.9 Å². The normalized spacial score (nSPS) is 18.3. The van der Waals surface area contributed by atoms with Crippen LogP contribution in [-0.2, 0) is 14.9 Å². The van der Waals surface area contributed by atoms with Crippen LogP contribution in [0, 0.1) is 0 Å². The van der Waals surface area contributed by atoms with Gasteiger partial charge in [0.15, 0.2) is 11.5 Å². The van der Waals surface area contributed by atoms with E-state index in [1.54, 1.807) is 0 Å². The lowest BCUT2D eigenvalue weighted by molar-refractivity contribution is -0.142. The Morgan fingerprint density at radius 2 is 2.05 bits per heavy atom. The SMILES string of the molecule is COC(=O)CC(C)(c1ccc2c(c1)OCCCO2)C(C)N. The summed E-state index contributed by atoms with van der Waals surface area (Å²) in [4.78, 5) is 11.7. The van der Waals surface area contributed by atoms with Gasteiger partial charge in [0.25, 0.3) is 0 Å². The summed E-state index contributed by atoms with van der Waals surface area (Å²) in [7, 11) is 1.39. The molecular weight excluding hydrogens is 270 g/mol. The number of methoxy groups -OCH3 is 1. The van der Waals surface area contributed by atoms with Gasteiger partial charge in [0, 0.05) is 17.9 Å². The molecule has 1 aliphatic rings. The number of fused-ring (bicyclic) bond motifs is 1. The highest BCUT2D eigenvalue weighted by Crippen LogP contribution is 2.38. The molecule has 1 aromatic rings. The third-order valence-electron chi connectivity index (χ3n) is 4.15. The molecule has 1 aromatic carbocycles. The summed E-state index contributed by atoms with van der Waals surface area (Å²) in [5.74, 6) is 1.17. The Balaban J connectivity index is 2.36. The maximum Gasteiger partial charge on any atom is 0.306 e. The molecule has 5 nitrogen and oxygen atoms in total. The first-order chi connectivity index (χ1) is 9.97. The Morgan fingerprint density at radius 1 is 1.38 bits per heavy atom. The first-order valence-corrected chi connectivity index (χ1v) is 7.20. The minimum absolute atomic E-state index is 0.207. The maximum absolute atomic E-state index is 11.7. The minimum Gasteiger partial charge on any atom is -0.490 e. The number of nitrogens with two attached hydrogens (primary N) is 1. The van der Waals surface area contributed by atoms with Crippen LogP contribution in [-0.4, -0.2) is 32.3 Å². The second kappa shape index (κ2) is 6.35. The van der Waals surface area contributed by atoms with Crippen LogP contribution in [0.1, 0.15) is 32.3 Å². The number of carbonyl (C=O) groups is 1. The molecule has 1 heterocycles. The monoisotopic (exact) mass is 293 g/mol. The first-order valence-electron chi connectivity index (χ1n) is 7.20. The molecule has 0 saturated heterocycles. The van der Waals surface area contributed by atoms with Crippen LogP contribution in [0.3, 0.4) is 0 Å². The predicted molar refractivity (Wildman–Crippen MR) is 79.7 cm³/mol. The number of benzene rings is 1. The minimum atomic E-state index is -0.516. The summed E-state index contributed by atoms with van der Waals surface area (Å²) in [5, 5.41) is 0.